The Labute approximate surface area is 78.2 Å². The average molecular weight is 207 g/mol. The lowest BCUT2D eigenvalue weighted by molar-refractivity contribution is 0.438. The van der Waals surface area contributed by atoms with Crippen molar-refractivity contribution in [2.75, 3.05) is 6.26 Å². The second-order valence-corrected chi connectivity index (χ2v) is 3.25. The minimum Gasteiger partial charge on any atom is -0.492 e. The van der Waals surface area contributed by atoms with Crippen LogP contribution < -0.4 is 5.56 Å². The van der Waals surface area contributed by atoms with Gasteiger partial charge in [-0.1, -0.05) is 23.4 Å². The Morgan fingerprint density at radius 2 is 2.25 bits per heavy atom. The molecule has 0 amide bonds. The first kappa shape index (κ1) is 9.41. The van der Waals surface area contributed by atoms with Gasteiger partial charge in [-0.25, -0.2) is 0 Å². The van der Waals surface area contributed by atoms with E-state index < -0.39 is 11.4 Å². The first-order valence-corrected chi connectivity index (χ1v) is 4.67. The van der Waals surface area contributed by atoms with Crippen LogP contribution in [0.3, 0.4) is 0 Å². The Kier molecular flexibility index (Phi) is 2.64. The molecule has 0 spiro atoms. The molecule has 0 aliphatic heterocycles. The molecule has 1 heterocycles. The van der Waals surface area contributed by atoms with E-state index in [9.17, 15) is 4.79 Å². The van der Waals surface area contributed by atoms with Gasteiger partial charge in [-0.05, 0) is 6.26 Å². The summed E-state index contributed by atoms with van der Waals surface area (Å²) in [5.74, 6) is -0.413. The van der Waals surface area contributed by atoms with E-state index >= 15 is 0 Å². The van der Waals surface area contributed by atoms with Crippen molar-refractivity contribution in [3.8, 4) is 5.88 Å². The Morgan fingerprint density at radius 1 is 1.67 bits per heavy atom. The summed E-state index contributed by atoms with van der Waals surface area (Å²) >= 11 is 6.72. The molecule has 0 radical (unpaired) electrons. The maximum atomic E-state index is 11.2. The van der Waals surface area contributed by atoms with Crippen LogP contribution in [0.25, 0.3) is 0 Å². The standard InChI is InChI=1S/C6H7ClN2O2S/c1-9-5(11)3(7)4(10)8-6(9)12-2/h10H,1-2H3. The molecule has 0 aliphatic carbocycles. The predicted octanol–water partition coefficient (Wildman–Crippen LogP) is 0.861. The third kappa shape index (κ3) is 1.42. The fraction of sp³-hybridized carbons (Fsp3) is 0.333. The van der Waals surface area contributed by atoms with Gasteiger partial charge in [0.25, 0.3) is 5.56 Å². The molecule has 0 saturated heterocycles. The normalized spacial score (nSPS) is 10.2. The monoisotopic (exact) mass is 206 g/mol. The highest BCUT2D eigenvalue weighted by Gasteiger charge is 2.10. The van der Waals surface area contributed by atoms with Gasteiger partial charge in [-0.15, -0.1) is 0 Å². The van der Waals surface area contributed by atoms with Gasteiger partial charge in [0.1, 0.15) is 0 Å². The quantitative estimate of drug-likeness (QED) is 0.547. The Hall–Kier alpha value is -0.680. The second kappa shape index (κ2) is 3.37. The summed E-state index contributed by atoms with van der Waals surface area (Å²) in [6.45, 7) is 0. The van der Waals surface area contributed by atoms with E-state index in [0.717, 1.165) is 0 Å². The van der Waals surface area contributed by atoms with E-state index in [1.807, 2.05) is 0 Å². The van der Waals surface area contributed by atoms with Gasteiger partial charge in [-0.3, -0.25) is 9.36 Å². The molecule has 66 valence electrons. The fourth-order valence-electron chi connectivity index (χ4n) is 0.727. The van der Waals surface area contributed by atoms with Crippen LogP contribution in [0.1, 0.15) is 0 Å². The highest BCUT2D eigenvalue weighted by atomic mass is 35.5. The van der Waals surface area contributed by atoms with Crippen molar-refractivity contribution >= 4 is 23.4 Å². The zero-order chi connectivity index (χ0) is 9.30. The Bertz CT molecular complexity index is 363. The van der Waals surface area contributed by atoms with E-state index in [1.54, 1.807) is 13.3 Å². The topological polar surface area (TPSA) is 55.1 Å². The van der Waals surface area contributed by atoms with Crippen LogP contribution in [0.4, 0.5) is 0 Å². The molecule has 12 heavy (non-hydrogen) atoms. The van der Waals surface area contributed by atoms with E-state index in [2.05, 4.69) is 4.98 Å². The molecule has 0 aromatic carbocycles. The average Bonchev–Trinajstić information content (AvgIpc) is 2.08. The van der Waals surface area contributed by atoms with Crippen molar-refractivity contribution in [3.63, 3.8) is 0 Å². The predicted molar refractivity (Wildman–Crippen MR) is 47.9 cm³/mol. The van der Waals surface area contributed by atoms with Gasteiger partial charge in [-0.2, -0.15) is 4.98 Å². The summed E-state index contributed by atoms with van der Waals surface area (Å²) in [6.07, 6.45) is 1.76. The third-order valence-electron chi connectivity index (χ3n) is 1.36. The minimum atomic E-state index is -0.437. The molecule has 0 atom stereocenters. The summed E-state index contributed by atoms with van der Waals surface area (Å²) in [4.78, 5) is 14.9. The number of nitrogens with zero attached hydrogens (tertiary/aromatic N) is 2. The molecule has 0 aliphatic rings. The highest BCUT2D eigenvalue weighted by Crippen LogP contribution is 2.18. The van der Waals surface area contributed by atoms with Gasteiger partial charge >= 0.3 is 0 Å². The smallest absolute Gasteiger partial charge is 0.276 e. The Morgan fingerprint density at radius 3 is 2.75 bits per heavy atom. The largest absolute Gasteiger partial charge is 0.492 e. The molecule has 1 aromatic rings. The molecule has 0 bridgehead atoms. The Balaban J connectivity index is 3.50. The minimum absolute atomic E-state index is 0.240. The molecular weight excluding hydrogens is 200 g/mol. The second-order valence-electron chi connectivity index (χ2n) is 2.10. The third-order valence-corrected chi connectivity index (χ3v) is 2.42. The van der Waals surface area contributed by atoms with Crippen molar-refractivity contribution in [3.05, 3.63) is 15.4 Å². The summed E-state index contributed by atoms with van der Waals surface area (Å²) in [6, 6.07) is 0. The number of halogens is 1. The van der Waals surface area contributed by atoms with Crippen LogP contribution in [0.5, 0.6) is 5.88 Å². The first-order valence-electron chi connectivity index (χ1n) is 3.07. The summed E-state index contributed by atoms with van der Waals surface area (Å²) in [7, 11) is 1.55. The van der Waals surface area contributed by atoms with E-state index in [4.69, 9.17) is 16.7 Å². The lowest BCUT2D eigenvalue weighted by Crippen LogP contribution is -2.19. The molecular formula is C6H7ClN2O2S. The molecule has 1 N–H and O–H groups in total. The number of thioether (sulfide) groups is 1. The van der Waals surface area contributed by atoms with Crippen molar-refractivity contribution in [2.45, 2.75) is 5.16 Å². The molecule has 1 aromatic heterocycles. The van der Waals surface area contributed by atoms with Crippen molar-refractivity contribution < 1.29 is 5.11 Å². The molecule has 6 heteroatoms. The van der Waals surface area contributed by atoms with Gasteiger partial charge in [0.2, 0.25) is 5.88 Å². The highest BCUT2D eigenvalue weighted by molar-refractivity contribution is 7.98. The lowest BCUT2D eigenvalue weighted by Gasteiger charge is -2.04. The lowest BCUT2D eigenvalue weighted by atomic mass is 10.6. The van der Waals surface area contributed by atoms with Crippen molar-refractivity contribution in [1.82, 2.24) is 9.55 Å². The van der Waals surface area contributed by atoms with Crippen LogP contribution in [0, 0.1) is 0 Å². The molecule has 1 rings (SSSR count). The zero-order valence-electron chi connectivity index (χ0n) is 6.54. The maximum Gasteiger partial charge on any atom is 0.276 e. The van der Waals surface area contributed by atoms with Crippen LogP contribution in [0.2, 0.25) is 5.02 Å². The van der Waals surface area contributed by atoms with E-state index in [0.29, 0.717) is 5.16 Å². The van der Waals surface area contributed by atoms with Gasteiger partial charge < -0.3 is 5.11 Å². The maximum absolute atomic E-state index is 11.2. The molecule has 4 nitrogen and oxygen atoms in total. The van der Waals surface area contributed by atoms with Crippen LogP contribution in [-0.2, 0) is 7.05 Å². The van der Waals surface area contributed by atoms with Crippen LogP contribution >= 0.6 is 23.4 Å². The number of hydrogen-bond acceptors (Lipinski definition) is 4. The molecule has 0 fully saturated rings. The summed E-state index contributed by atoms with van der Waals surface area (Å²) in [5.41, 5.74) is -0.437. The van der Waals surface area contributed by atoms with Crippen LogP contribution in [-0.4, -0.2) is 20.9 Å². The van der Waals surface area contributed by atoms with Crippen molar-refractivity contribution in [2.24, 2.45) is 7.05 Å². The van der Waals surface area contributed by atoms with Gasteiger partial charge in [0, 0.05) is 7.05 Å². The zero-order valence-corrected chi connectivity index (χ0v) is 8.11. The summed E-state index contributed by atoms with van der Waals surface area (Å²) in [5, 5.41) is 9.26. The molecule has 0 saturated carbocycles. The van der Waals surface area contributed by atoms with E-state index in [-0.39, 0.29) is 5.02 Å². The van der Waals surface area contributed by atoms with Gasteiger partial charge in [0.05, 0.1) is 0 Å². The number of aromatic nitrogens is 2. The number of rotatable bonds is 1. The van der Waals surface area contributed by atoms with E-state index in [1.165, 1.54) is 16.3 Å². The summed E-state index contributed by atoms with van der Waals surface area (Å²) < 4.78 is 1.28. The first-order chi connectivity index (χ1) is 5.57. The van der Waals surface area contributed by atoms with Crippen LogP contribution in [0.15, 0.2) is 9.95 Å². The number of aromatic hydroxyl groups is 1. The molecule has 0 unspecified atom stereocenters. The fourth-order valence-corrected chi connectivity index (χ4v) is 1.43. The SMILES string of the molecule is CSc1nc(O)c(Cl)c(=O)n1C. The van der Waals surface area contributed by atoms with Crippen molar-refractivity contribution in [1.29, 1.82) is 0 Å². The number of hydrogen-bond donors (Lipinski definition) is 1. The van der Waals surface area contributed by atoms with Gasteiger partial charge in [0.15, 0.2) is 10.2 Å².